The van der Waals surface area contributed by atoms with Crippen LogP contribution >= 0.6 is 11.6 Å². The van der Waals surface area contributed by atoms with Gasteiger partial charge in [-0.25, -0.2) is 0 Å². The number of aryl methyl sites for hydroxylation is 1. The van der Waals surface area contributed by atoms with E-state index in [1.165, 1.54) is 0 Å². The molecular weight excluding hydrogens is 260 g/mol. The summed E-state index contributed by atoms with van der Waals surface area (Å²) in [6.07, 6.45) is 3.10. The van der Waals surface area contributed by atoms with Crippen LogP contribution in [-0.2, 0) is 11.2 Å². The third-order valence-corrected chi connectivity index (χ3v) is 3.99. The van der Waals surface area contributed by atoms with E-state index in [-0.39, 0.29) is 18.0 Å². The molecule has 1 aliphatic heterocycles. The molecule has 1 aromatic rings. The minimum Gasteiger partial charge on any atom is -0.340 e. The first-order valence-electron chi connectivity index (χ1n) is 6.86. The fourth-order valence-corrected chi connectivity index (χ4v) is 2.88. The van der Waals surface area contributed by atoms with Crippen LogP contribution in [0.3, 0.4) is 0 Å². The van der Waals surface area contributed by atoms with E-state index in [1.807, 2.05) is 29.2 Å². The van der Waals surface area contributed by atoms with Crippen molar-refractivity contribution >= 4 is 17.5 Å². The highest BCUT2D eigenvalue weighted by Crippen LogP contribution is 2.18. The lowest BCUT2D eigenvalue weighted by Gasteiger charge is -2.36. The second-order valence-electron chi connectivity index (χ2n) is 5.35. The third-order valence-electron chi connectivity index (χ3n) is 3.75. The fraction of sp³-hybridized carbons (Fsp3) is 0.533. The van der Waals surface area contributed by atoms with Crippen molar-refractivity contribution in [3.63, 3.8) is 0 Å². The number of rotatable bonds is 3. The number of piperidine rings is 1. The van der Waals surface area contributed by atoms with Crippen molar-refractivity contribution in [2.75, 3.05) is 6.54 Å². The van der Waals surface area contributed by atoms with Gasteiger partial charge in [-0.1, -0.05) is 23.7 Å². The standard InChI is InChI=1S/C15H21ClN2O/c1-11-9-14(17)7-8-18(11)15(19)6-5-12-3-2-4-13(16)10-12/h2-4,10-11,14H,5-9,17H2,1H3/t11-,14-/m0/s1. The van der Waals surface area contributed by atoms with Crippen LogP contribution in [0.15, 0.2) is 24.3 Å². The predicted octanol–water partition coefficient (Wildman–Crippen LogP) is 2.61. The van der Waals surface area contributed by atoms with Crippen molar-refractivity contribution in [2.24, 2.45) is 5.73 Å². The molecule has 0 unspecified atom stereocenters. The summed E-state index contributed by atoms with van der Waals surface area (Å²) in [6, 6.07) is 8.20. The molecule has 0 aliphatic carbocycles. The van der Waals surface area contributed by atoms with Crippen LogP contribution in [0.5, 0.6) is 0 Å². The van der Waals surface area contributed by atoms with Gasteiger partial charge in [0.15, 0.2) is 0 Å². The molecule has 3 nitrogen and oxygen atoms in total. The SMILES string of the molecule is C[C@H]1C[C@@H](N)CCN1C(=O)CCc1cccc(Cl)c1. The Hall–Kier alpha value is -1.06. The van der Waals surface area contributed by atoms with Gasteiger partial charge < -0.3 is 10.6 Å². The predicted molar refractivity (Wildman–Crippen MR) is 78.2 cm³/mol. The van der Waals surface area contributed by atoms with Gasteiger partial charge in [-0.3, -0.25) is 4.79 Å². The van der Waals surface area contributed by atoms with Crippen LogP contribution in [0.4, 0.5) is 0 Å². The summed E-state index contributed by atoms with van der Waals surface area (Å²) in [5, 5.41) is 0.724. The number of carbonyl (C=O) groups is 1. The van der Waals surface area contributed by atoms with E-state index in [4.69, 9.17) is 17.3 Å². The van der Waals surface area contributed by atoms with Gasteiger partial charge in [0.2, 0.25) is 5.91 Å². The Labute approximate surface area is 119 Å². The van der Waals surface area contributed by atoms with E-state index in [9.17, 15) is 4.79 Å². The van der Waals surface area contributed by atoms with Crippen molar-refractivity contribution in [2.45, 2.75) is 44.7 Å². The van der Waals surface area contributed by atoms with E-state index < -0.39 is 0 Å². The maximum Gasteiger partial charge on any atom is 0.223 e. The summed E-state index contributed by atoms with van der Waals surface area (Å²) in [5.41, 5.74) is 7.03. The quantitative estimate of drug-likeness (QED) is 0.925. The zero-order valence-electron chi connectivity index (χ0n) is 11.3. The molecule has 2 atom stereocenters. The first-order valence-corrected chi connectivity index (χ1v) is 7.23. The number of amides is 1. The molecule has 1 saturated heterocycles. The summed E-state index contributed by atoms with van der Waals surface area (Å²) in [7, 11) is 0. The Morgan fingerprint density at radius 2 is 2.32 bits per heavy atom. The molecule has 0 saturated carbocycles. The van der Waals surface area contributed by atoms with Crippen molar-refractivity contribution in [1.29, 1.82) is 0 Å². The second kappa shape index (κ2) is 6.40. The van der Waals surface area contributed by atoms with E-state index in [2.05, 4.69) is 6.92 Å². The molecule has 1 aliphatic rings. The molecule has 0 spiro atoms. The van der Waals surface area contributed by atoms with Crippen LogP contribution in [-0.4, -0.2) is 29.4 Å². The minimum atomic E-state index is 0.222. The number of hydrogen-bond donors (Lipinski definition) is 1. The fourth-order valence-electron chi connectivity index (χ4n) is 2.67. The molecule has 4 heteroatoms. The number of benzene rings is 1. The Balaban J connectivity index is 1.87. The largest absolute Gasteiger partial charge is 0.340 e. The number of hydrogen-bond acceptors (Lipinski definition) is 2. The van der Waals surface area contributed by atoms with Crippen LogP contribution < -0.4 is 5.73 Å². The molecule has 2 rings (SSSR count). The maximum atomic E-state index is 12.2. The summed E-state index contributed by atoms with van der Waals surface area (Å²) in [5.74, 6) is 0.222. The van der Waals surface area contributed by atoms with E-state index in [1.54, 1.807) is 0 Å². The van der Waals surface area contributed by atoms with Crippen LogP contribution in [0, 0.1) is 0 Å². The summed E-state index contributed by atoms with van der Waals surface area (Å²) in [4.78, 5) is 14.2. The highest BCUT2D eigenvalue weighted by atomic mass is 35.5. The van der Waals surface area contributed by atoms with Crippen LogP contribution in [0.25, 0.3) is 0 Å². The lowest BCUT2D eigenvalue weighted by molar-refractivity contribution is -0.134. The molecule has 1 aromatic carbocycles. The Kier molecular flexibility index (Phi) is 4.83. The highest BCUT2D eigenvalue weighted by Gasteiger charge is 2.26. The zero-order valence-corrected chi connectivity index (χ0v) is 12.1. The molecule has 1 heterocycles. The lowest BCUT2D eigenvalue weighted by atomic mass is 9.98. The van der Waals surface area contributed by atoms with Crippen molar-refractivity contribution < 1.29 is 4.79 Å². The monoisotopic (exact) mass is 280 g/mol. The number of nitrogens with zero attached hydrogens (tertiary/aromatic N) is 1. The Bertz CT molecular complexity index is 450. The van der Waals surface area contributed by atoms with E-state index in [0.717, 1.165) is 36.4 Å². The molecule has 0 bridgehead atoms. The Morgan fingerprint density at radius 3 is 3.00 bits per heavy atom. The van der Waals surface area contributed by atoms with Crippen molar-refractivity contribution in [3.8, 4) is 0 Å². The Morgan fingerprint density at radius 1 is 1.53 bits per heavy atom. The van der Waals surface area contributed by atoms with Gasteiger partial charge in [0, 0.05) is 30.1 Å². The molecular formula is C15H21ClN2O. The van der Waals surface area contributed by atoms with Crippen molar-refractivity contribution in [3.05, 3.63) is 34.9 Å². The third kappa shape index (κ3) is 3.95. The summed E-state index contributed by atoms with van der Waals surface area (Å²) < 4.78 is 0. The van der Waals surface area contributed by atoms with Gasteiger partial charge in [0.05, 0.1) is 0 Å². The number of halogens is 1. The van der Waals surface area contributed by atoms with Crippen LogP contribution in [0.2, 0.25) is 5.02 Å². The zero-order chi connectivity index (χ0) is 13.8. The van der Waals surface area contributed by atoms with Gasteiger partial charge in [0.1, 0.15) is 0 Å². The number of likely N-dealkylation sites (tertiary alicyclic amines) is 1. The molecule has 2 N–H and O–H groups in total. The average Bonchev–Trinajstić information content (AvgIpc) is 2.36. The van der Waals surface area contributed by atoms with Gasteiger partial charge in [-0.05, 0) is 43.9 Å². The first kappa shape index (κ1) is 14.4. The number of carbonyl (C=O) groups excluding carboxylic acids is 1. The molecule has 19 heavy (non-hydrogen) atoms. The summed E-state index contributed by atoms with van der Waals surface area (Å²) in [6.45, 7) is 2.87. The number of nitrogens with two attached hydrogens (primary N) is 1. The molecule has 1 fully saturated rings. The van der Waals surface area contributed by atoms with E-state index in [0.29, 0.717) is 6.42 Å². The maximum absolute atomic E-state index is 12.2. The van der Waals surface area contributed by atoms with Crippen LogP contribution in [0.1, 0.15) is 31.7 Å². The second-order valence-corrected chi connectivity index (χ2v) is 5.79. The minimum absolute atomic E-state index is 0.222. The van der Waals surface area contributed by atoms with Gasteiger partial charge in [-0.15, -0.1) is 0 Å². The summed E-state index contributed by atoms with van der Waals surface area (Å²) >= 11 is 5.94. The molecule has 0 aromatic heterocycles. The normalized spacial score (nSPS) is 23.4. The van der Waals surface area contributed by atoms with Crippen molar-refractivity contribution in [1.82, 2.24) is 4.90 Å². The average molecular weight is 281 g/mol. The first-order chi connectivity index (χ1) is 9.06. The smallest absolute Gasteiger partial charge is 0.223 e. The van der Waals surface area contributed by atoms with Gasteiger partial charge in [-0.2, -0.15) is 0 Å². The highest BCUT2D eigenvalue weighted by molar-refractivity contribution is 6.30. The van der Waals surface area contributed by atoms with Gasteiger partial charge >= 0.3 is 0 Å². The molecule has 104 valence electrons. The lowest BCUT2D eigenvalue weighted by Crippen LogP contribution is -2.48. The van der Waals surface area contributed by atoms with Gasteiger partial charge in [0.25, 0.3) is 0 Å². The molecule has 0 radical (unpaired) electrons. The van der Waals surface area contributed by atoms with E-state index >= 15 is 0 Å². The topological polar surface area (TPSA) is 46.3 Å². The molecule has 1 amide bonds.